The largest absolute Gasteiger partial charge is 0.370 e. The first-order valence-corrected chi connectivity index (χ1v) is 5.72. The summed E-state index contributed by atoms with van der Waals surface area (Å²) in [6, 6.07) is 1.91. The van der Waals surface area contributed by atoms with Gasteiger partial charge in [-0.2, -0.15) is 4.98 Å². The summed E-state index contributed by atoms with van der Waals surface area (Å²) in [5.41, 5.74) is 0. The van der Waals surface area contributed by atoms with Crippen molar-refractivity contribution in [1.29, 1.82) is 0 Å². The Bertz CT molecular complexity index is 307. The molecule has 1 aliphatic heterocycles. The summed E-state index contributed by atoms with van der Waals surface area (Å²) in [6.45, 7) is 5.16. The highest BCUT2D eigenvalue weighted by molar-refractivity contribution is 5.41. The van der Waals surface area contributed by atoms with Gasteiger partial charge < -0.3 is 10.2 Å². The molecule has 1 aliphatic rings. The molecule has 15 heavy (non-hydrogen) atoms. The van der Waals surface area contributed by atoms with Crippen molar-refractivity contribution in [2.24, 2.45) is 0 Å². The second-order valence-electron chi connectivity index (χ2n) is 3.82. The van der Waals surface area contributed by atoms with E-state index in [1.165, 1.54) is 19.3 Å². The van der Waals surface area contributed by atoms with E-state index in [2.05, 4.69) is 27.1 Å². The van der Waals surface area contributed by atoms with Crippen LogP contribution in [0.3, 0.4) is 0 Å². The van der Waals surface area contributed by atoms with Gasteiger partial charge in [0.25, 0.3) is 0 Å². The smallest absolute Gasteiger partial charge is 0.227 e. The maximum Gasteiger partial charge on any atom is 0.227 e. The summed E-state index contributed by atoms with van der Waals surface area (Å²) in [7, 11) is 0. The number of nitrogens with one attached hydrogen (secondary N) is 1. The van der Waals surface area contributed by atoms with Gasteiger partial charge in [0.2, 0.25) is 5.95 Å². The van der Waals surface area contributed by atoms with Crippen LogP contribution in [0.2, 0.25) is 0 Å². The molecule has 0 unspecified atom stereocenters. The average Bonchev–Trinajstić information content (AvgIpc) is 2.31. The molecule has 2 rings (SSSR count). The van der Waals surface area contributed by atoms with E-state index in [0.717, 1.165) is 31.4 Å². The van der Waals surface area contributed by atoms with Crippen molar-refractivity contribution in [2.75, 3.05) is 29.9 Å². The molecule has 0 aliphatic carbocycles. The molecule has 0 amide bonds. The van der Waals surface area contributed by atoms with E-state index in [-0.39, 0.29) is 0 Å². The summed E-state index contributed by atoms with van der Waals surface area (Å²) in [5, 5.41) is 3.21. The first-order chi connectivity index (χ1) is 7.40. The molecule has 0 atom stereocenters. The monoisotopic (exact) mass is 206 g/mol. The van der Waals surface area contributed by atoms with Gasteiger partial charge in [-0.3, -0.25) is 0 Å². The minimum absolute atomic E-state index is 0.869. The molecule has 0 radical (unpaired) electrons. The molecule has 0 spiro atoms. The van der Waals surface area contributed by atoms with Crippen LogP contribution in [0.15, 0.2) is 12.3 Å². The highest BCUT2D eigenvalue weighted by atomic mass is 15.3. The molecule has 0 saturated carbocycles. The van der Waals surface area contributed by atoms with Crippen molar-refractivity contribution in [3.05, 3.63) is 12.3 Å². The Labute approximate surface area is 90.7 Å². The summed E-state index contributed by atoms with van der Waals surface area (Å²) in [4.78, 5) is 11.1. The van der Waals surface area contributed by atoms with Crippen LogP contribution < -0.4 is 10.2 Å². The Morgan fingerprint density at radius 3 is 2.87 bits per heavy atom. The first kappa shape index (κ1) is 10.2. The van der Waals surface area contributed by atoms with E-state index in [1.807, 2.05) is 12.3 Å². The van der Waals surface area contributed by atoms with Crippen LogP contribution >= 0.6 is 0 Å². The van der Waals surface area contributed by atoms with Gasteiger partial charge in [0, 0.05) is 25.8 Å². The molecular weight excluding hydrogens is 188 g/mol. The van der Waals surface area contributed by atoms with Crippen LogP contribution in [-0.4, -0.2) is 29.6 Å². The van der Waals surface area contributed by atoms with Crippen LogP contribution in [0.25, 0.3) is 0 Å². The second kappa shape index (κ2) is 4.96. The number of aromatic nitrogens is 2. The number of nitrogens with zero attached hydrogens (tertiary/aromatic N) is 3. The average molecular weight is 206 g/mol. The van der Waals surface area contributed by atoms with Crippen molar-refractivity contribution >= 4 is 11.8 Å². The molecule has 1 fully saturated rings. The Balaban J connectivity index is 2.09. The van der Waals surface area contributed by atoms with Crippen molar-refractivity contribution < 1.29 is 0 Å². The van der Waals surface area contributed by atoms with E-state index < -0.39 is 0 Å². The van der Waals surface area contributed by atoms with Crippen LogP contribution in [0.5, 0.6) is 0 Å². The molecule has 0 aromatic carbocycles. The number of hydrogen-bond acceptors (Lipinski definition) is 4. The van der Waals surface area contributed by atoms with Crippen LogP contribution in [-0.2, 0) is 0 Å². The zero-order valence-electron chi connectivity index (χ0n) is 9.24. The lowest BCUT2D eigenvalue weighted by Crippen LogP contribution is -2.31. The Morgan fingerprint density at radius 2 is 2.13 bits per heavy atom. The molecule has 1 saturated heterocycles. The van der Waals surface area contributed by atoms with Gasteiger partial charge in [-0.25, -0.2) is 4.98 Å². The van der Waals surface area contributed by atoms with Gasteiger partial charge in [-0.05, 0) is 32.3 Å². The highest BCUT2D eigenvalue weighted by Crippen LogP contribution is 2.16. The molecule has 4 heteroatoms. The van der Waals surface area contributed by atoms with E-state index in [1.54, 1.807) is 0 Å². The lowest BCUT2D eigenvalue weighted by Gasteiger charge is -2.26. The quantitative estimate of drug-likeness (QED) is 0.820. The van der Waals surface area contributed by atoms with E-state index in [9.17, 15) is 0 Å². The molecule has 1 aromatic heterocycles. The summed E-state index contributed by atoms with van der Waals surface area (Å²) in [5.74, 6) is 1.79. The molecule has 4 nitrogen and oxygen atoms in total. The standard InChI is InChI=1S/C11H18N4/c1-2-12-10-6-7-13-11(14-10)15-8-4-3-5-9-15/h6-7H,2-5,8-9H2,1H3,(H,12,13,14). The first-order valence-electron chi connectivity index (χ1n) is 5.72. The maximum absolute atomic E-state index is 4.49. The molecule has 2 heterocycles. The third-order valence-electron chi connectivity index (χ3n) is 2.64. The number of anilines is 2. The Morgan fingerprint density at radius 1 is 1.33 bits per heavy atom. The third kappa shape index (κ3) is 2.58. The van der Waals surface area contributed by atoms with Gasteiger partial charge >= 0.3 is 0 Å². The zero-order chi connectivity index (χ0) is 10.5. The van der Waals surface area contributed by atoms with Crippen molar-refractivity contribution in [3.63, 3.8) is 0 Å². The lowest BCUT2D eigenvalue weighted by atomic mass is 10.1. The van der Waals surface area contributed by atoms with Gasteiger partial charge in [-0.1, -0.05) is 0 Å². The summed E-state index contributed by atoms with van der Waals surface area (Å²) in [6.07, 6.45) is 5.68. The van der Waals surface area contributed by atoms with Crippen LogP contribution in [0, 0.1) is 0 Å². The van der Waals surface area contributed by atoms with Crippen LogP contribution in [0.1, 0.15) is 26.2 Å². The molecular formula is C11H18N4. The topological polar surface area (TPSA) is 41.1 Å². The minimum atomic E-state index is 0.869. The van der Waals surface area contributed by atoms with Crippen molar-refractivity contribution in [2.45, 2.75) is 26.2 Å². The van der Waals surface area contributed by atoms with E-state index >= 15 is 0 Å². The molecule has 0 bridgehead atoms. The Hall–Kier alpha value is -1.32. The predicted molar refractivity (Wildman–Crippen MR) is 62.3 cm³/mol. The normalized spacial score (nSPS) is 16.5. The number of piperidine rings is 1. The van der Waals surface area contributed by atoms with E-state index in [4.69, 9.17) is 0 Å². The maximum atomic E-state index is 4.49. The molecule has 1 N–H and O–H groups in total. The fraction of sp³-hybridized carbons (Fsp3) is 0.636. The summed E-state index contributed by atoms with van der Waals surface area (Å²) < 4.78 is 0. The van der Waals surface area contributed by atoms with Crippen LogP contribution in [0.4, 0.5) is 11.8 Å². The minimum Gasteiger partial charge on any atom is -0.370 e. The second-order valence-corrected chi connectivity index (χ2v) is 3.82. The fourth-order valence-corrected chi connectivity index (χ4v) is 1.87. The van der Waals surface area contributed by atoms with Crippen molar-refractivity contribution in [3.8, 4) is 0 Å². The third-order valence-corrected chi connectivity index (χ3v) is 2.64. The molecule has 82 valence electrons. The highest BCUT2D eigenvalue weighted by Gasteiger charge is 2.13. The zero-order valence-corrected chi connectivity index (χ0v) is 9.24. The predicted octanol–water partition coefficient (Wildman–Crippen LogP) is 1.90. The SMILES string of the molecule is CCNc1ccnc(N2CCCCC2)n1. The van der Waals surface area contributed by atoms with Gasteiger partial charge in [0.15, 0.2) is 0 Å². The number of rotatable bonds is 3. The van der Waals surface area contributed by atoms with Crippen molar-refractivity contribution in [1.82, 2.24) is 9.97 Å². The summed E-state index contributed by atoms with van der Waals surface area (Å²) >= 11 is 0. The molecule has 1 aromatic rings. The van der Waals surface area contributed by atoms with E-state index in [0.29, 0.717) is 0 Å². The van der Waals surface area contributed by atoms with Gasteiger partial charge in [0.05, 0.1) is 0 Å². The van der Waals surface area contributed by atoms with Gasteiger partial charge in [-0.15, -0.1) is 0 Å². The fourth-order valence-electron chi connectivity index (χ4n) is 1.87. The lowest BCUT2D eigenvalue weighted by molar-refractivity contribution is 0.568. The Kier molecular flexibility index (Phi) is 3.37. The van der Waals surface area contributed by atoms with Gasteiger partial charge in [0.1, 0.15) is 5.82 Å². The number of hydrogen-bond donors (Lipinski definition) is 1.